The number of piperidine rings is 1. The van der Waals surface area contributed by atoms with E-state index in [2.05, 4.69) is 51.3 Å². The highest BCUT2D eigenvalue weighted by Crippen LogP contribution is 2.37. The Hall–Kier alpha value is -0.0800. The first-order valence-corrected chi connectivity index (χ1v) is 7.67. The molecule has 2 rings (SSSR count). The van der Waals surface area contributed by atoms with Crippen LogP contribution in [0.3, 0.4) is 0 Å². The summed E-state index contributed by atoms with van der Waals surface area (Å²) in [6.07, 6.45) is 4.22. The van der Waals surface area contributed by atoms with Crippen LogP contribution in [-0.4, -0.2) is 41.1 Å². The standard InChI is InChI=1S/C16H32N2/c1-15(2,3)13-7-8-14-9-10-18(16(4,5)6)12-17(14)11-13/h13-14H,7-12H2,1-6H3. The molecule has 0 N–H and O–H groups in total. The second-order valence-electron chi connectivity index (χ2n) is 8.43. The van der Waals surface area contributed by atoms with Gasteiger partial charge in [0.15, 0.2) is 0 Å². The van der Waals surface area contributed by atoms with E-state index >= 15 is 0 Å². The van der Waals surface area contributed by atoms with E-state index in [1.54, 1.807) is 0 Å². The van der Waals surface area contributed by atoms with Crippen LogP contribution in [-0.2, 0) is 0 Å². The van der Waals surface area contributed by atoms with Crippen LogP contribution >= 0.6 is 0 Å². The molecule has 0 bridgehead atoms. The first kappa shape index (κ1) is 14.3. The zero-order valence-electron chi connectivity index (χ0n) is 13.3. The molecule has 2 fully saturated rings. The normalized spacial score (nSPS) is 32.3. The van der Waals surface area contributed by atoms with Crippen molar-refractivity contribution in [1.82, 2.24) is 9.80 Å². The van der Waals surface area contributed by atoms with E-state index in [-0.39, 0.29) is 0 Å². The molecule has 2 saturated heterocycles. The summed E-state index contributed by atoms with van der Waals surface area (Å²) in [5, 5.41) is 0. The maximum absolute atomic E-state index is 2.76. The van der Waals surface area contributed by atoms with Crippen molar-refractivity contribution >= 4 is 0 Å². The molecule has 0 aromatic rings. The van der Waals surface area contributed by atoms with Crippen LogP contribution in [0.2, 0.25) is 0 Å². The minimum atomic E-state index is 0.319. The first-order valence-electron chi connectivity index (χ1n) is 7.67. The van der Waals surface area contributed by atoms with Gasteiger partial charge in [-0.3, -0.25) is 9.80 Å². The maximum atomic E-state index is 2.76. The molecule has 2 aliphatic heterocycles. The predicted octanol–water partition coefficient (Wildman–Crippen LogP) is 3.57. The van der Waals surface area contributed by atoms with Crippen LogP contribution in [0.4, 0.5) is 0 Å². The molecule has 18 heavy (non-hydrogen) atoms. The summed E-state index contributed by atoms with van der Waals surface area (Å²) in [5.41, 5.74) is 0.786. The third kappa shape index (κ3) is 3.08. The van der Waals surface area contributed by atoms with Crippen molar-refractivity contribution in [2.75, 3.05) is 19.8 Å². The third-order valence-electron chi connectivity index (χ3n) is 5.08. The zero-order valence-corrected chi connectivity index (χ0v) is 13.3. The molecular formula is C16H32N2. The van der Waals surface area contributed by atoms with Gasteiger partial charge in [0.2, 0.25) is 0 Å². The van der Waals surface area contributed by atoms with Gasteiger partial charge in [0.05, 0.1) is 6.67 Å². The quantitative estimate of drug-likeness (QED) is 0.650. The second kappa shape index (κ2) is 4.79. The van der Waals surface area contributed by atoms with Crippen molar-refractivity contribution in [3.8, 4) is 0 Å². The fourth-order valence-electron chi connectivity index (χ4n) is 3.45. The average Bonchev–Trinajstić information content (AvgIpc) is 2.25. The molecule has 0 amide bonds. The lowest BCUT2D eigenvalue weighted by Gasteiger charge is -2.52. The van der Waals surface area contributed by atoms with E-state index in [0.717, 1.165) is 12.0 Å². The average molecular weight is 252 g/mol. The smallest absolute Gasteiger partial charge is 0.0513 e. The van der Waals surface area contributed by atoms with Gasteiger partial charge in [-0.2, -0.15) is 0 Å². The van der Waals surface area contributed by atoms with Gasteiger partial charge in [-0.15, -0.1) is 0 Å². The van der Waals surface area contributed by atoms with Gasteiger partial charge < -0.3 is 0 Å². The molecule has 2 heteroatoms. The summed E-state index contributed by atoms with van der Waals surface area (Å²) in [5.74, 6) is 0.869. The largest absolute Gasteiger partial charge is 0.287 e. The Bertz CT molecular complexity index is 256. The molecule has 0 saturated carbocycles. The molecule has 0 aromatic carbocycles. The molecule has 106 valence electrons. The summed E-state index contributed by atoms with van der Waals surface area (Å²) in [7, 11) is 0. The second-order valence-corrected chi connectivity index (χ2v) is 8.43. The van der Waals surface area contributed by atoms with Gasteiger partial charge in [-0.25, -0.2) is 0 Å². The molecule has 2 unspecified atom stereocenters. The highest BCUT2D eigenvalue weighted by Gasteiger charge is 2.38. The fraction of sp³-hybridized carbons (Fsp3) is 1.00. The third-order valence-corrected chi connectivity index (χ3v) is 5.08. The van der Waals surface area contributed by atoms with E-state index in [9.17, 15) is 0 Å². The lowest BCUT2D eigenvalue weighted by Crippen LogP contribution is -2.59. The SMILES string of the molecule is CC(C)(C)C1CCC2CCN(C(C)(C)C)CN2C1. The highest BCUT2D eigenvalue weighted by atomic mass is 15.4. The Kier molecular flexibility index (Phi) is 3.81. The Morgan fingerprint density at radius 1 is 0.889 bits per heavy atom. The van der Waals surface area contributed by atoms with Crippen LogP contribution in [0.15, 0.2) is 0 Å². The Labute approximate surface area is 114 Å². The summed E-state index contributed by atoms with van der Waals surface area (Å²) < 4.78 is 0. The van der Waals surface area contributed by atoms with E-state index in [0.29, 0.717) is 11.0 Å². The Morgan fingerprint density at radius 2 is 1.56 bits per heavy atom. The molecule has 0 aliphatic carbocycles. The van der Waals surface area contributed by atoms with Crippen LogP contribution in [0, 0.1) is 11.3 Å². The lowest BCUT2D eigenvalue weighted by atomic mass is 9.74. The van der Waals surface area contributed by atoms with Gasteiger partial charge in [0, 0.05) is 24.7 Å². The van der Waals surface area contributed by atoms with Gasteiger partial charge in [-0.1, -0.05) is 20.8 Å². The molecule has 0 aromatic heterocycles. The van der Waals surface area contributed by atoms with E-state index < -0.39 is 0 Å². The van der Waals surface area contributed by atoms with Crippen molar-refractivity contribution < 1.29 is 0 Å². The number of fused-ring (bicyclic) bond motifs is 1. The van der Waals surface area contributed by atoms with Crippen LogP contribution in [0.1, 0.15) is 60.8 Å². The van der Waals surface area contributed by atoms with Gasteiger partial charge in [0.1, 0.15) is 0 Å². The van der Waals surface area contributed by atoms with Gasteiger partial charge in [-0.05, 0) is 51.4 Å². The Morgan fingerprint density at radius 3 is 2.11 bits per heavy atom. The predicted molar refractivity (Wildman–Crippen MR) is 78.6 cm³/mol. The summed E-state index contributed by atoms with van der Waals surface area (Å²) in [6, 6.07) is 0.863. The van der Waals surface area contributed by atoms with Crippen LogP contribution < -0.4 is 0 Å². The van der Waals surface area contributed by atoms with E-state index in [1.807, 2.05) is 0 Å². The molecule has 0 radical (unpaired) electrons. The first-order chi connectivity index (χ1) is 8.18. The number of hydrogen-bond acceptors (Lipinski definition) is 2. The summed E-state index contributed by atoms with van der Waals surface area (Å²) >= 11 is 0. The summed E-state index contributed by atoms with van der Waals surface area (Å²) in [4.78, 5) is 5.41. The minimum Gasteiger partial charge on any atom is -0.287 e. The minimum absolute atomic E-state index is 0.319. The fourth-order valence-corrected chi connectivity index (χ4v) is 3.45. The number of rotatable bonds is 0. The van der Waals surface area contributed by atoms with Crippen LogP contribution in [0.25, 0.3) is 0 Å². The number of nitrogens with zero attached hydrogens (tertiary/aromatic N) is 2. The van der Waals surface area contributed by atoms with E-state index in [4.69, 9.17) is 0 Å². The lowest BCUT2D eigenvalue weighted by molar-refractivity contribution is -0.0528. The molecule has 2 atom stereocenters. The Balaban J connectivity index is 2.00. The highest BCUT2D eigenvalue weighted by molar-refractivity contribution is 4.91. The monoisotopic (exact) mass is 252 g/mol. The topological polar surface area (TPSA) is 6.48 Å². The molecule has 0 spiro atoms. The molecular weight excluding hydrogens is 220 g/mol. The van der Waals surface area contributed by atoms with Crippen molar-refractivity contribution in [1.29, 1.82) is 0 Å². The molecule has 2 aliphatic rings. The van der Waals surface area contributed by atoms with Crippen LogP contribution in [0.5, 0.6) is 0 Å². The summed E-state index contributed by atoms with van der Waals surface area (Å²) in [6.45, 7) is 18.0. The van der Waals surface area contributed by atoms with Crippen molar-refractivity contribution in [2.45, 2.75) is 72.4 Å². The van der Waals surface area contributed by atoms with Gasteiger partial charge in [0.25, 0.3) is 0 Å². The maximum Gasteiger partial charge on any atom is 0.0513 e. The van der Waals surface area contributed by atoms with E-state index in [1.165, 1.54) is 39.0 Å². The molecule has 2 nitrogen and oxygen atoms in total. The molecule has 2 heterocycles. The number of hydrogen-bond donors (Lipinski definition) is 0. The zero-order chi connectivity index (χ0) is 13.6. The van der Waals surface area contributed by atoms with Crippen molar-refractivity contribution in [3.63, 3.8) is 0 Å². The van der Waals surface area contributed by atoms with Crippen molar-refractivity contribution in [3.05, 3.63) is 0 Å². The van der Waals surface area contributed by atoms with Crippen molar-refractivity contribution in [2.24, 2.45) is 11.3 Å². The van der Waals surface area contributed by atoms with Gasteiger partial charge >= 0.3 is 0 Å².